The Labute approximate surface area is 120 Å². The Kier molecular flexibility index (Phi) is 4.88. The van der Waals surface area contributed by atoms with Crippen molar-refractivity contribution in [1.29, 1.82) is 0 Å². The van der Waals surface area contributed by atoms with Crippen molar-refractivity contribution in [2.75, 3.05) is 20.8 Å². The third kappa shape index (κ3) is 3.24. The van der Waals surface area contributed by atoms with Crippen molar-refractivity contribution in [3.05, 3.63) is 23.8 Å². The smallest absolute Gasteiger partial charge is 0.227 e. The zero-order chi connectivity index (χ0) is 14.5. The standard InChI is InChI=1S/C16H23NO3/c1-12-6-4-5-9-17(12)16(18)11-13-7-8-14(19-2)15(10-13)20-3/h7-8,10,12H,4-6,9,11H2,1-3H3/t12-/m1/s1. The summed E-state index contributed by atoms with van der Waals surface area (Å²) >= 11 is 0. The van der Waals surface area contributed by atoms with Crippen molar-refractivity contribution >= 4 is 5.91 Å². The van der Waals surface area contributed by atoms with Gasteiger partial charge in [0.25, 0.3) is 0 Å². The number of hydrogen-bond donors (Lipinski definition) is 0. The summed E-state index contributed by atoms with van der Waals surface area (Å²) in [6.45, 7) is 3.01. The SMILES string of the molecule is COc1ccc(CC(=O)N2CCCC[C@H]2C)cc1OC. The van der Waals surface area contributed by atoms with Crippen LogP contribution in [0.1, 0.15) is 31.7 Å². The highest BCUT2D eigenvalue weighted by molar-refractivity contribution is 5.79. The molecule has 0 aromatic heterocycles. The number of nitrogens with zero attached hydrogens (tertiary/aromatic N) is 1. The van der Waals surface area contributed by atoms with Gasteiger partial charge in [-0.1, -0.05) is 6.07 Å². The molecule has 0 bridgehead atoms. The summed E-state index contributed by atoms with van der Waals surface area (Å²) in [7, 11) is 3.22. The van der Waals surface area contributed by atoms with E-state index in [4.69, 9.17) is 9.47 Å². The van der Waals surface area contributed by atoms with E-state index >= 15 is 0 Å². The van der Waals surface area contributed by atoms with Crippen molar-refractivity contribution in [3.63, 3.8) is 0 Å². The molecule has 0 saturated carbocycles. The Bertz CT molecular complexity index is 473. The molecule has 0 unspecified atom stereocenters. The molecule has 20 heavy (non-hydrogen) atoms. The number of amides is 1. The predicted octanol–water partition coefficient (Wildman–Crippen LogP) is 2.65. The molecule has 1 saturated heterocycles. The molecular formula is C16H23NO3. The van der Waals surface area contributed by atoms with E-state index in [-0.39, 0.29) is 5.91 Å². The highest BCUT2D eigenvalue weighted by atomic mass is 16.5. The van der Waals surface area contributed by atoms with Gasteiger partial charge in [-0.3, -0.25) is 4.79 Å². The first-order valence-corrected chi connectivity index (χ1v) is 7.16. The molecule has 2 rings (SSSR count). The molecule has 1 aromatic rings. The van der Waals surface area contributed by atoms with Gasteiger partial charge in [-0.15, -0.1) is 0 Å². The van der Waals surface area contributed by atoms with Gasteiger partial charge in [-0.05, 0) is 43.9 Å². The Hall–Kier alpha value is -1.71. The lowest BCUT2D eigenvalue weighted by atomic mass is 10.0. The maximum Gasteiger partial charge on any atom is 0.227 e. The van der Waals surface area contributed by atoms with Crippen LogP contribution in [0.25, 0.3) is 0 Å². The number of benzene rings is 1. The quantitative estimate of drug-likeness (QED) is 0.849. The maximum absolute atomic E-state index is 12.4. The number of carbonyl (C=O) groups excluding carboxylic acids is 1. The van der Waals surface area contributed by atoms with Gasteiger partial charge in [0.05, 0.1) is 20.6 Å². The Morgan fingerprint density at radius 2 is 2.00 bits per heavy atom. The minimum absolute atomic E-state index is 0.199. The first-order chi connectivity index (χ1) is 9.65. The number of likely N-dealkylation sites (tertiary alicyclic amines) is 1. The summed E-state index contributed by atoms with van der Waals surface area (Å²) < 4.78 is 10.5. The second-order valence-electron chi connectivity index (χ2n) is 5.30. The van der Waals surface area contributed by atoms with E-state index in [9.17, 15) is 4.79 Å². The molecule has 1 aliphatic rings. The molecule has 0 spiro atoms. The number of ether oxygens (including phenoxy) is 2. The first-order valence-electron chi connectivity index (χ1n) is 7.16. The lowest BCUT2D eigenvalue weighted by Crippen LogP contribution is -2.42. The normalized spacial score (nSPS) is 18.8. The number of carbonyl (C=O) groups is 1. The zero-order valence-electron chi connectivity index (χ0n) is 12.5. The molecule has 1 atom stereocenters. The molecule has 0 N–H and O–H groups in total. The first kappa shape index (κ1) is 14.7. The molecule has 0 radical (unpaired) electrons. The summed E-state index contributed by atoms with van der Waals surface area (Å²) in [5.41, 5.74) is 0.963. The summed E-state index contributed by atoms with van der Waals surface area (Å²) in [5.74, 6) is 1.56. The van der Waals surface area contributed by atoms with Crippen LogP contribution in [0.4, 0.5) is 0 Å². The fourth-order valence-corrected chi connectivity index (χ4v) is 2.74. The Morgan fingerprint density at radius 3 is 2.65 bits per heavy atom. The minimum atomic E-state index is 0.199. The highest BCUT2D eigenvalue weighted by Crippen LogP contribution is 2.28. The number of rotatable bonds is 4. The van der Waals surface area contributed by atoms with E-state index in [0.29, 0.717) is 24.0 Å². The molecule has 1 aromatic carbocycles. The molecule has 1 heterocycles. The lowest BCUT2D eigenvalue weighted by molar-refractivity contribution is -0.133. The monoisotopic (exact) mass is 277 g/mol. The van der Waals surface area contributed by atoms with Crippen LogP contribution in [0, 0.1) is 0 Å². The third-order valence-corrected chi connectivity index (χ3v) is 3.93. The van der Waals surface area contributed by atoms with Crippen LogP contribution in [0.15, 0.2) is 18.2 Å². The van der Waals surface area contributed by atoms with E-state index in [0.717, 1.165) is 24.9 Å². The van der Waals surface area contributed by atoms with Gasteiger partial charge in [0.2, 0.25) is 5.91 Å². The van der Waals surface area contributed by atoms with Crippen LogP contribution in [-0.4, -0.2) is 37.6 Å². The van der Waals surface area contributed by atoms with Crippen molar-refractivity contribution in [1.82, 2.24) is 4.90 Å². The second-order valence-corrected chi connectivity index (χ2v) is 5.30. The second kappa shape index (κ2) is 6.64. The van der Waals surface area contributed by atoms with Crippen LogP contribution >= 0.6 is 0 Å². The maximum atomic E-state index is 12.4. The van der Waals surface area contributed by atoms with E-state index < -0.39 is 0 Å². The van der Waals surface area contributed by atoms with Crippen molar-refractivity contribution in [3.8, 4) is 11.5 Å². The lowest BCUT2D eigenvalue weighted by Gasteiger charge is -2.33. The average molecular weight is 277 g/mol. The van der Waals surface area contributed by atoms with E-state index in [2.05, 4.69) is 6.92 Å². The van der Waals surface area contributed by atoms with Gasteiger partial charge in [0.15, 0.2) is 11.5 Å². The molecule has 110 valence electrons. The van der Waals surface area contributed by atoms with Crippen LogP contribution in [0.5, 0.6) is 11.5 Å². The van der Waals surface area contributed by atoms with Crippen LogP contribution in [-0.2, 0) is 11.2 Å². The van der Waals surface area contributed by atoms with Crippen LogP contribution in [0.3, 0.4) is 0 Å². The molecule has 4 nitrogen and oxygen atoms in total. The Morgan fingerprint density at radius 1 is 1.25 bits per heavy atom. The summed E-state index contributed by atoms with van der Waals surface area (Å²) in [6, 6.07) is 6.01. The van der Waals surface area contributed by atoms with Gasteiger partial charge in [0.1, 0.15) is 0 Å². The van der Waals surface area contributed by atoms with E-state index in [1.165, 1.54) is 6.42 Å². The largest absolute Gasteiger partial charge is 0.493 e. The van der Waals surface area contributed by atoms with Gasteiger partial charge in [-0.25, -0.2) is 0 Å². The summed E-state index contributed by atoms with van der Waals surface area (Å²) in [4.78, 5) is 14.4. The van der Waals surface area contributed by atoms with Crippen LogP contribution < -0.4 is 9.47 Å². The van der Waals surface area contributed by atoms with Gasteiger partial charge in [-0.2, -0.15) is 0 Å². The molecule has 4 heteroatoms. The average Bonchev–Trinajstić information content (AvgIpc) is 2.47. The van der Waals surface area contributed by atoms with Crippen LogP contribution in [0.2, 0.25) is 0 Å². The van der Waals surface area contributed by atoms with E-state index in [1.807, 2.05) is 23.1 Å². The predicted molar refractivity (Wildman–Crippen MR) is 78.3 cm³/mol. The van der Waals surface area contributed by atoms with Crippen molar-refractivity contribution in [2.45, 2.75) is 38.6 Å². The van der Waals surface area contributed by atoms with Gasteiger partial charge < -0.3 is 14.4 Å². The Balaban J connectivity index is 2.07. The molecule has 1 fully saturated rings. The molecule has 1 amide bonds. The molecular weight excluding hydrogens is 254 g/mol. The summed E-state index contributed by atoms with van der Waals surface area (Å²) in [5, 5.41) is 0. The molecule has 1 aliphatic heterocycles. The van der Waals surface area contributed by atoms with Gasteiger partial charge in [0, 0.05) is 12.6 Å². The zero-order valence-corrected chi connectivity index (χ0v) is 12.5. The topological polar surface area (TPSA) is 38.8 Å². The minimum Gasteiger partial charge on any atom is -0.493 e. The highest BCUT2D eigenvalue weighted by Gasteiger charge is 2.23. The van der Waals surface area contributed by atoms with Crippen molar-refractivity contribution in [2.24, 2.45) is 0 Å². The van der Waals surface area contributed by atoms with Crippen molar-refractivity contribution < 1.29 is 14.3 Å². The summed E-state index contributed by atoms with van der Waals surface area (Å²) in [6.07, 6.45) is 3.87. The fourth-order valence-electron chi connectivity index (χ4n) is 2.74. The third-order valence-electron chi connectivity index (χ3n) is 3.93. The van der Waals surface area contributed by atoms with E-state index in [1.54, 1.807) is 14.2 Å². The van der Waals surface area contributed by atoms with Gasteiger partial charge >= 0.3 is 0 Å². The number of hydrogen-bond acceptors (Lipinski definition) is 3. The number of piperidine rings is 1. The fraction of sp³-hybridized carbons (Fsp3) is 0.562. The molecule has 0 aliphatic carbocycles. The number of methoxy groups -OCH3 is 2.